The Morgan fingerprint density at radius 1 is 0.923 bits per heavy atom. The van der Waals surface area contributed by atoms with Crippen molar-refractivity contribution in [1.29, 1.82) is 0 Å². The predicted octanol–water partition coefficient (Wildman–Crippen LogP) is 3.92. The molecule has 1 N–H and O–H groups in total. The Kier molecular flexibility index (Phi) is 6.94. The summed E-state index contributed by atoms with van der Waals surface area (Å²) >= 11 is 0. The highest BCUT2D eigenvalue weighted by molar-refractivity contribution is 7.89. The summed E-state index contributed by atoms with van der Waals surface area (Å²) in [7, 11) is -3.51. The van der Waals surface area contributed by atoms with E-state index in [1.165, 1.54) is 34.1 Å². The fraction of sp³-hybridized carbons (Fsp3) is 0.350. The molecule has 0 spiro atoms. The second-order valence-electron chi connectivity index (χ2n) is 6.01. The number of carbonyl (C=O) groups excluding carboxylic acids is 1. The van der Waals surface area contributed by atoms with Crippen molar-refractivity contribution in [2.75, 3.05) is 18.4 Å². The highest BCUT2D eigenvalue weighted by Gasteiger charge is 2.21. The number of rotatable bonds is 8. The number of benzene rings is 2. The lowest BCUT2D eigenvalue weighted by molar-refractivity contribution is 0.102. The number of sulfonamides is 1. The molecule has 2 rings (SSSR count). The van der Waals surface area contributed by atoms with Gasteiger partial charge in [0.25, 0.3) is 5.91 Å². The van der Waals surface area contributed by atoms with Gasteiger partial charge in [-0.05, 0) is 48.4 Å². The summed E-state index contributed by atoms with van der Waals surface area (Å²) in [6, 6.07) is 13.8. The van der Waals surface area contributed by atoms with E-state index in [-0.39, 0.29) is 10.8 Å². The Morgan fingerprint density at radius 2 is 1.50 bits per heavy atom. The number of nitrogens with zero attached hydrogens (tertiary/aromatic N) is 1. The summed E-state index contributed by atoms with van der Waals surface area (Å²) in [4.78, 5) is 12.6. The summed E-state index contributed by atoms with van der Waals surface area (Å²) in [5, 5.41) is 2.83. The van der Waals surface area contributed by atoms with Gasteiger partial charge in [0.2, 0.25) is 10.0 Å². The van der Waals surface area contributed by atoms with Gasteiger partial charge in [0, 0.05) is 24.3 Å². The van der Waals surface area contributed by atoms with Gasteiger partial charge in [0.15, 0.2) is 0 Å². The number of carbonyl (C=O) groups is 1. The predicted molar refractivity (Wildman–Crippen MR) is 105 cm³/mol. The SMILES string of the molecule is CCCc1ccc(NC(=O)c2ccc(S(=O)(=O)N(CC)CC)cc2)cc1. The molecule has 2 aromatic carbocycles. The van der Waals surface area contributed by atoms with Gasteiger partial charge in [-0.15, -0.1) is 0 Å². The molecule has 0 aromatic heterocycles. The number of nitrogens with one attached hydrogen (secondary N) is 1. The van der Waals surface area contributed by atoms with E-state index in [1.54, 1.807) is 13.8 Å². The minimum atomic E-state index is -3.51. The molecule has 0 heterocycles. The minimum Gasteiger partial charge on any atom is -0.322 e. The molecule has 2 aromatic rings. The maximum atomic E-state index is 12.5. The molecule has 0 aliphatic carbocycles. The number of aryl methyl sites for hydroxylation is 1. The van der Waals surface area contributed by atoms with Gasteiger partial charge in [-0.2, -0.15) is 4.31 Å². The van der Waals surface area contributed by atoms with E-state index in [9.17, 15) is 13.2 Å². The van der Waals surface area contributed by atoms with Crippen molar-refractivity contribution < 1.29 is 13.2 Å². The van der Waals surface area contributed by atoms with Crippen LogP contribution < -0.4 is 5.32 Å². The van der Waals surface area contributed by atoms with Crippen LogP contribution in [0.15, 0.2) is 53.4 Å². The zero-order valence-electron chi connectivity index (χ0n) is 15.5. The molecule has 0 fully saturated rings. The highest BCUT2D eigenvalue weighted by atomic mass is 32.2. The van der Waals surface area contributed by atoms with E-state index in [2.05, 4.69) is 12.2 Å². The van der Waals surface area contributed by atoms with Gasteiger partial charge in [0.05, 0.1) is 4.90 Å². The van der Waals surface area contributed by atoms with E-state index in [0.29, 0.717) is 18.7 Å². The molecule has 0 saturated heterocycles. The molecule has 0 bridgehead atoms. The average molecular weight is 375 g/mol. The van der Waals surface area contributed by atoms with E-state index in [4.69, 9.17) is 0 Å². The van der Waals surface area contributed by atoms with Crippen LogP contribution in [0.1, 0.15) is 43.1 Å². The highest BCUT2D eigenvalue weighted by Crippen LogP contribution is 2.17. The number of anilines is 1. The van der Waals surface area contributed by atoms with Crippen LogP contribution in [0.4, 0.5) is 5.69 Å². The quantitative estimate of drug-likeness (QED) is 0.761. The van der Waals surface area contributed by atoms with Crippen molar-refractivity contribution >= 4 is 21.6 Å². The molecule has 5 nitrogen and oxygen atoms in total. The van der Waals surface area contributed by atoms with E-state index >= 15 is 0 Å². The van der Waals surface area contributed by atoms with E-state index < -0.39 is 10.0 Å². The Morgan fingerprint density at radius 3 is 2.00 bits per heavy atom. The maximum absolute atomic E-state index is 12.5. The first-order valence-electron chi connectivity index (χ1n) is 8.92. The summed E-state index contributed by atoms with van der Waals surface area (Å²) < 4.78 is 26.3. The number of hydrogen-bond acceptors (Lipinski definition) is 3. The Bertz CT molecular complexity index is 824. The maximum Gasteiger partial charge on any atom is 0.255 e. The molecule has 0 aliphatic rings. The van der Waals surface area contributed by atoms with Crippen LogP contribution in [0.3, 0.4) is 0 Å². The minimum absolute atomic E-state index is 0.196. The topological polar surface area (TPSA) is 66.5 Å². The third kappa shape index (κ3) is 4.71. The average Bonchev–Trinajstić information content (AvgIpc) is 2.64. The van der Waals surface area contributed by atoms with Gasteiger partial charge >= 0.3 is 0 Å². The van der Waals surface area contributed by atoms with Crippen LogP contribution in [0.25, 0.3) is 0 Å². The normalized spacial score (nSPS) is 11.5. The molecular formula is C20H26N2O3S. The lowest BCUT2D eigenvalue weighted by Gasteiger charge is -2.18. The van der Waals surface area contributed by atoms with Crippen molar-refractivity contribution in [1.82, 2.24) is 4.31 Å². The second-order valence-corrected chi connectivity index (χ2v) is 7.95. The summed E-state index contributed by atoms with van der Waals surface area (Å²) in [6.07, 6.45) is 2.09. The Labute approximate surface area is 156 Å². The first-order valence-corrected chi connectivity index (χ1v) is 10.4. The van der Waals surface area contributed by atoms with Gasteiger partial charge < -0.3 is 5.32 Å². The van der Waals surface area contributed by atoms with Crippen molar-refractivity contribution in [3.8, 4) is 0 Å². The molecule has 0 unspecified atom stereocenters. The van der Waals surface area contributed by atoms with Gasteiger partial charge in [-0.3, -0.25) is 4.79 Å². The summed E-state index contributed by atoms with van der Waals surface area (Å²) in [5.41, 5.74) is 2.37. The molecule has 0 aliphatic heterocycles. The first kappa shape index (κ1) is 20.1. The van der Waals surface area contributed by atoms with Crippen molar-refractivity contribution in [2.45, 2.75) is 38.5 Å². The van der Waals surface area contributed by atoms with Crippen molar-refractivity contribution in [3.05, 3.63) is 59.7 Å². The molecule has 0 atom stereocenters. The van der Waals surface area contributed by atoms with Crippen LogP contribution in [-0.4, -0.2) is 31.7 Å². The van der Waals surface area contributed by atoms with Gasteiger partial charge in [-0.25, -0.2) is 8.42 Å². The molecule has 140 valence electrons. The van der Waals surface area contributed by atoms with Crippen molar-refractivity contribution in [2.24, 2.45) is 0 Å². The molecule has 26 heavy (non-hydrogen) atoms. The fourth-order valence-corrected chi connectivity index (χ4v) is 4.20. The van der Waals surface area contributed by atoms with Gasteiger partial charge in [0.1, 0.15) is 0 Å². The lowest BCUT2D eigenvalue weighted by atomic mass is 10.1. The Balaban J connectivity index is 2.11. The van der Waals surface area contributed by atoms with Crippen LogP contribution >= 0.6 is 0 Å². The lowest BCUT2D eigenvalue weighted by Crippen LogP contribution is -2.30. The molecule has 1 amide bonds. The zero-order chi connectivity index (χ0) is 19.2. The zero-order valence-corrected chi connectivity index (χ0v) is 16.3. The number of amides is 1. The Hall–Kier alpha value is -2.18. The molecular weight excluding hydrogens is 348 g/mol. The molecule has 0 saturated carbocycles. The largest absolute Gasteiger partial charge is 0.322 e. The van der Waals surface area contributed by atoms with E-state index in [0.717, 1.165) is 18.5 Å². The monoisotopic (exact) mass is 374 g/mol. The van der Waals surface area contributed by atoms with Crippen molar-refractivity contribution in [3.63, 3.8) is 0 Å². The smallest absolute Gasteiger partial charge is 0.255 e. The summed E-state index contributed by atoms with van der Waals surface area (Å²) in [5.74, 6) is -0.264. The molecule has 0 radical (unpaired) electrons. The fourth-order valence-electron chi connectivity index (χ4n) is 2.74. The van der Waals surface area contributed by atoms with Crippen LogP contribution in [0, 0.1) is 0 Å². The van der Waals surface area contributed by atoms with E-state index in [1.807, 2.05) is 24.3 Å². The van der Waals surface area contributed by atoms with Crippen LogP contribution in [-0.2, 0) is 16.4 Å². The first-order chi connectivity index (χ1) is 12.4. The summed E-state index contributed by atoms with van der Waals surface area (Å²) in [6.45, 7) is 6.55. The second kappa shape index (κ2) is 8.96. The molecule has 6 heteroatoms. The third-order valence-corrected chi connectivity index (χ3v) is 6.27. The van der Waals surface area contributed by atoms with Crippen LogP contribution in [0.5, 0.6) is 0 Å². The standard InChI is InChI=1S/C20H26N2O3S/c1-4-7-16-8-12-18(13-9-16)21-20(23)17-10-14-19(15-11-17)26(24,25)22(5-2)6-3/h8-15H,4-7H2,1-3H3,(H,21,23). The number of hydrogen-bond donors (Lipinski definition) is 1. The van der Waals surface area contributed by atoms with Crippen LogP contribution in [0.2, 0.25) is 0 Å². The van der Waals surface area contributed by atoms with Gasteiger partial charge in [-0.1, -0.05) is 39.3 Å². The third-order valence-electron chi connectivity index (χ3n) is 4.21.